The molecule has 1 rings (SSSR count). The number of carbonyl (C=O) groups is 1. The molecule has 1 aromatic rings. The number of aryl methyl sites for hydroxylation is 1. The highest BCUT2D eigenvalue weighted by Gasteiger charge is 2.19. The summed E-state index contributed by atoms with van der Waals surface area (Å²) in [7, 11) is 1.26. The third-order valence-corrected chi connectivity index (χ3v) is 1.98. The van der Waals surface area contributed by atoms with Gasteiger partial charge in [0, 0.05) is 5.56 Å². The number of esters is 1. The second-order valence-corrected chi connectivity index (χ2v) is 3.06. The van der Waals surface area contributed by atoms with Gasteiger partial charge in [-0.25, -0.2) is 0 Å². The second kappa shape index (κ2) is 4.11. The topological polar surface area (TPSA) is 72.5 Å². The third kappa shape index (κ3) is 2.03. The fourth-order valence-corrected chi connectivity index (χ4v) is 1.17. The first-order valence-corrected chi connectivity index (χ1v) is 4.19. The predicted molar refractivity (Wildman–Crippen MR) is 51.8 cm³/mol. The molecule has 0 aliphatic carbocycles. The number of benzene rings is 1. The van der Waals surface area contributed by atoms with Crippen molar-refractivity contribution in [2.45, 2.75) is 13.0 Å². The molecular formula is C10H13NO3. The zero-order chi connectivity index (χ0) is 10.7. The highest BCUT2D eigenvalue weighted by atomic mass is 16.5. The van der Waals surface area contributed by atoms with Gasteiger partial charge in [-0.1, -0.05) is 12.1 Å². The van der Waals surface area contributed by atoms with E-state index in [0.717, 1.165) is 5.56 Å². The van der Waals surface area contributed by atoms with Gasteiger partial charge in [0.05, 0.1) is 7.11 Å². The van der Waals surface area contributed by atoms with Crippen molar-refractivity contribution < 1.29 is 14.6 Å². The summed E-state index contributed by atoms with van der Waals surface area (Å²) in [6, 6.07) is 4.02. The summed E-state index contributed by atoms with van der Waals surface area (Å²) in [5.74, 6) is -0.549. The first kappa shape index (κ1) is 10.5. The van der Waals surface area contributed by atoms with E-state index in [0.29, 0.717) is 5.56 Å². The molecule has 14 heavy (non-hydrogen) atoms. The van der Waals surface area contributed by atoms with Crippen molar-refractivity contribution in [2.75, 3.05) is 7.11 Å². The smallest absolute Gasteiger partial charge is 0.327 e. The van der Waals surface area contributed by atoms with Crippen LogP contribution < -0.4 is 5.73 Å². The number of rotatable bonds is 2. The molecule has 0 bridgehead atoms. The Hall–Kier alpha value is -1.55. The van der Waals surface area contributed by atoms with E-state index in [1.54, 1.807) is 18.2 Å². The van der Waals surface area contributed by atoms with Crippen LogP contribution in [0.15, 0.2) is 18.2 Å². The zero-order valence-electron chi connectivity index (χ0n) is 8.15. The maximum Gasteiger partial charge on any atom is 0.327 e. The van der Waals surface area contributed by atoms with Crippen molar-refractivity contribution in [1.82, 2.24) is 0 Å². The Kier molecular flexibility index (Phi) is 3.09. The zero-order valence-corrected chi connectivity index (χ0v) is 8.15. The predicted octanol–water partition coefficient (Wildman–Crippen LogP) is 0.873. The Morgan fingerprint density at radius 2 is 2.21 bits per heavy atom. The minimum absolute atomic E-state index is 0.0166. The molecule has 0 radical (unpaired) electrons. The molecule has 0 amide bonds. The fourth-order valence-electron chi connectivity index (χ4n) is 1.17. The molecule has 0 heterocycles. The number of hydrogen-bond donors (Lipinski definition) is 2. The number of carbonyl (C=O) groups excluding carboxylic acids is 1. The first-order chi connectivity index (χ1) is 6.56. The minimum atomic E-state index is -0.930. The number of ether oxygens (including phenoxy) is 1. The average Bonchev–Trinajstić information content (AvgIpc) is 2.15. The molecule has 1 atom stereocenters. The number of nitrogens with two attached hydrogens (primary N) is 1. The van der Waals surface area contributed by atoms with Crippen molar-refractivity contribution >= 4 is 5.97 Å². The lowest BCUT2D eigenvalue weighted by atomic mass is 10.0. The van der Waals surface area contributed by atoms with Crippen molar-refractivity contribution in [3.8, 4) is 5.75 Å². The van der Waals surface area contributed by atoms with Gasteiger partial charge in [0.1, 0.15) is 11.8 Å². The molecule has 4 heteroatoms. The molecule has 0 spiro atoms. The van der Waals surface area contributed by atoms with Crippen LogP contribution in [-0.2, 0) is 9.53 Å². The number of phenols is 1. The molecule has 0 aliphatic rings. The molecule has 0 aromatic heterocycles. The normalized spacial score (nSPS) is 12.2. The molecule has 1 aromatic carbocycles. The van der Waals surface area contributed by atoms with Crippen LogP contribution in [-0.4, -0.2) is 18.2 Å². The second-order valence-electron chi connectivity index (χ2n) is 3.06. The number of hydrogen-bond acceptors (Lipinski definition) is 4. The molecule has 0 unspecified atom stereocenters. The van der Waals surface area contributed by atoms with Gasteiger partial charge in [0.25, 0.3) is 0 Å². The van der Waals surface area contributed by atoms with Crippen LogP contribution in [0.5, 0.6) is 5.75 Å². The maximum absolute atomic E-state index is 11.1. The Morgan fingerprint density at radius 1 is 1.57 bits per heavy atom. The number of methoxy groups -OCH3 is 1. The summed E-state index contributed by atoms with van der Waals surface area (Å²) in [6.07, 6.45) is 0. The largest absolute Gasteiger partial charge is 0.508 e. The third-order valence-electron chi connectivity index (χ3n) is 1.98. The van der Waals surface area contributed by atoms with Crippen LogP contribution in [0.3, 0.4) is 0 Å². The van der Waals surface area contributed by atoms with Crippen molar-refractivity contribution in [3.63, 3.8) is 0 Å². The quantitative estimate of drug-likeness (QED) is 0.687. The molecule has 0 saturated heterocycles. The van der Waals surface area contributed by atoms with E-state index in [2.05, 4.69) is 4.74 Å². The minimum Gasteiger partial charge on any atom is -0.508 e. The van der Waals surface area contributed by atoms with E-state index in [-0.39, 0.29) is 5.75 Å². The van der Waals surface area contributed by atoms with Crippen LogP contribution in [0.1, 0.15) is 17.2 Å². The molecule has 0 fully saturated rings. The van der Waals surface area contributed by atoms with Crippen LogP contribution >= 0.6 is 0 Å². The van der Waals surface area contributed by atoms with Crippen LogP contribution in [0.4, 0.5) is 0 Å². The summed E-state index contributed by atoms with van der Waals surface area (Å²) < 4.78 is 4.48. The molecule has 0 aliphatic heterocycles. The van der Waals surface area contributed by atoms with Crippen LogP contribution in [0.2, 0.25) is 0 Å². The van der Waals surface area contributed by atoms with Crippen LogP contribution in [0, 0.1) is 6.92 Å². The summed E-state index contributed by atoms with van der Waals surface area (Å²) in [5.41, 5.74) is 6.85. The number of phenolic OH excluding ortho intramolecular Hbond substituents is 1. The molecule has 4 nitrogen and oxygen atoms in total. The van der Waals surface area contributed by atoms with E-state index < -0.39 is 12.0 Å². The Balaban J connectivity index is 3.01. The number of aromatic hydroxyl groups is 1. The van der Waals surface area contributed by atoms with Gasteiger partial charge in [-0.2, -0.15) is 0 Å². The van der Waals surface area contributed by atoms with E-state index in [1.807, 2.05) is 6.92 Å². The Labute approximate surface area is 82.3 Å². The lowest BCUT2D eigenvalue weighted by molar-refractivity contribution is -0.142. The van der Waals surface area contributed by atoms with Gasteiger partial charge >= 0.3 is 5.97 Å². The van der Waals surface area contributed by atoms with Gasteiger partial charge in [0.15, 0.2) is 0 Å². The highest BCUT2D eigenvalue weighted by Crippen LogP contribution is 2.24. The molecule has 3 N–H and O–H groups in total. The van der Waals surface area contributed by atoms with Gasteiger partial charge in [-0.05, 0) is 18.6 Å². The Morgan fingerprint density at radius 3 is 2.71 bits per heavy atom. The monoisotopic (exact) mass is 195 g/mol. The van der Waals surface area contributed by atoms with Crippen molar-refractivity contribution in [2.24, 2.45) is 5.73 Å². The summed E-state index contributed by atoms with van der Waals surface area (Å²) >= 11 is 0. The highest BCUT2D eigenvalue weighted by molar-refractivity contribution is 5.78. The molecular weight excluding hydrogens is 182 g/mol. The van der Waals surface area contributed by atoms with E-state index in [1.165, 1.54) is 7.11 Å². The summed E-state index contributed by atoms with van der Waals surface area (Å²) in [6.45, 7) is 1.84. The lowest BCUT2D eigenvalue weighted by Crippen LogP contribution is -2.22. The van der Waals surface area contributed by atoms with E-state index >= 15 is 0 Å². The van der Waals surface area contributed by atoms with Crippen LogP contribution in [0.25, 0.3) is 0 Å². The summed E-state index contributed by atoms with van der Waals surface area (Å²) in [4.78, 5) is 11.1. The standard InChI is InChI=1S/C10H13NO3/c1-6-3-4-7(8(12)5-6)9(11)10(13)14-2/h3-5,9,12H,11H2,1-2H3/t9-/m0/s1. The Bertz CT molecular complexity index is 349. The van der Waals surface area contributed by atoms with Gasteiger partial charge in [0.2, 0.25) is 0 Å². The van der Waals surface area contributed by atoms with Gasteiger partial charge in [-0.3, -0.25) is 4.79 Å². The van der Waals surface area contributed by atoms with Gasteiger partial charge in [-0.15, -0.1) is 0 Å². The lowest BCUT2D eigenvalue weighted by Gasteiger charge is -2.11. The SMILES string of the molecule is COC(=O)[C@@H](N)c1ccc(C)cc1O. The average molecular weight is 195 g/mol. The molecule has 0 saturated carbocycles. The van der Waals surface area contributed by atoms with Gasteiger partial charge < -0.3 is 15.6 Å². The van der Waals surface area contributed by atoms with Crippen molar-refractivity contribution in [1.29, 1.82) is 0 Å². The molecule has 76 valence electrons. The fraction of sp³-hybridized carbons (Fsp3) is 0.300. The van der Waals surface area contributed by atoms with Crippen molar-refractivity contribution in [3.05, 3.63) is 29.3 Å². The van der Waals surface area contributed by atoms with E-state index in [4.69, 9.17) is 5.73 Å². The van der Waals surface area contributed by atoms with E-state index in [9.17, 15) is 9.90 Å². The first-order valence-electron chi connectivity index (χ1n) is 4.19. The maximum atomic E-state index is 11.1. The summed E-state index contributed by atoms with van der Waals surface area (Å²) in [5, 5.41) is 9.52.